The lowest BCUT2D eigenvalue weighted by Crippen LogP contribution is -2.06. The van der Waals surface area contributed by atoms with E-state index in [0.717, 1.165) is 6.07 Å². The Kier molecular flexibility index (Phi) is 4.09. The molecule has 0 heterocycles. The predicted molar refractivity (Wildman–Crippen MR) is 75.9 cm³/mol. The lowest BCUT2D eigenvalue weighted by atomic mass is 10.0. The Balaban J connectivity index is 2.35. The van der Waals surface area contributed by atoms with Crippen LogP contribution in [-0.4, -0.2) is 20.9 Å². The maximum Gasteiger partial charge on any atom is 0.273 e. The Morgan fingerprint density at radius 1 is 1.19 bits per heavy atom. The maximum absolute atomic E-state index is 12.1. The fraction of sp³-hybridized carbons (Fsp3) is 0.0714. The molecule has 0 aliphatic carbocycles. The second-order valence-corrected chi connectivity index (χ2v) is 4.77. The molecule has 0 saturated heterocycles. The summed E-state index contributed by atoms with van der Waals surface area (Å²) in [6.45, 7) is 0. The Hall–Kier alpha value is -2.60. The summed E-state index contributed by atoms with van der Waals surface area (Å²) < 4.78 is 0. The van der Waals surface area contributed by atoms with Crippen molar-refractivity contribution in [2.24, 2.45) is 0 Å². The van der Waals surface area contributed by atoms with Gasteiger partial charge >= 0.3 is 0 Å². The number of nitro benzene ring substituents is 1. The molecule has 2 rings (SSSR count). The molecule has 0 radical (unpaired) electrons. The molecule has 0 atom stereocenters. The highest BCUT2D eigenvalue weighted by molar-refractivity contribution is 6.30. The van der Waals surface area contributed by atoms with Crippen LogP contribution in [0.1, 0.15) is 15.9 Å². The highest BCUT2D eigenvalue weighted by atomic mass is 35.5. The topological polar surface area (TPSA) is 101 Å². The number of rotatable bonds is 4. The number of Topliss-reactive ketones (excluding diaryl/α,β-unsaturated/α-hetero) is 1. The van der Waals surface area contributed by atoms with Gasteiger partial charge in [-0.05, 0) is 24.3 Å². The SMILES string of the molecule is O=C(Cc1cc(Cl)ccc1[N+](=O)[O-])c1ccc(O)cc1O. The van der Waals surface area contributed by atoms with Crippen LogP contribution in [0, 0.1) is 10.1 Å². The first-order valence-corrected chi connectivity index (χ1v) is 6.24. The van der Waals surface area contributed by atoms with E-state index in [1.165, 1.54) is 30.3 Å². The summed E-state index contributed by atoms with van der Waals surface area (Å²) in [7, 11) is 0. The lowest BCUT2D eigenvalue weighted by molar-refractivity contribution is -0.385. The molecule has 0 saturated carbocycles. The van der Waals surface area contributed by atoms with Crippen LogP contribution >= 0.6 is 11.6 Å². The number of nitro groups is 1. The average Bonchev–Trinajstić information content (AvgIpc) is 2.37. The largest absolute Gasteiger partial charge is 0.508 e. The number of halogens is 1. The summed E-state index contributed by atoms with van der Waals surface area (Å²) in [4.78, 5) is 22.5. The fourth-order valence-electron chi connectivity index (χ4n) is 1.90. The molecule has 2 N–H and O–H groups in total. The average molecular weight is 308 g/mol. The van der Waals surface area contributed by atoms with Crippen molar-refractivity contribution >= 4 is 23.1 Å². The molecular formula is C14H10ClNO5. The van der Waals surface area contributed by atoms with Gasteiger partial charge in [0.1, 0.15) is 11.5 Å². The van der Waals surface area contributed by atoms with Crippen LogP contribution in [0.25, 0.3) is 0 Å². The third kappa shape index (κ3) is 3.29. The van der Waals surface area contributed by atoms with E-state index < -0.39 is 10.7 Å². The van der Waals surface area contributed by atoms with E-state index in [1.807, 2.05) is 0 Å². The third-order valence-corrected chi connectivity index (χ3v) is 3.11. The van der Waals surface area contributed by atoms with Gasteiger partial charge in [0.05, 0.1) is 10.5 Å². The van der Waals surface area contributed by atoms with E-state index in [-0.39, 0.29) is 39.8 Å². The van der Waals surface area contributed by atoms with Gasteiger partial charge in [-0.3, -0.25) is 14.9 Å². The fourth-order valence-corrected chi connectivity index (χ4v) is 2.09. The molecule has 6 nitrogen and oxygen atoms in total. The first-order valence-electron chi connectivity index (χ1n) is 5.86. The van der Waals surface area contributed by atoms with Crippen molar-refractivity contribution in [2.45, 2.75) is 6.42 Å². The number of carbonyl (C=O) groups excluding carboxylic acids is 1. The molecule has 0 aromatic heterocycles. The first-order chi connectivity index (χ1) is 9.88. The summed E-state index contributed by atoms with van der Waals surface area (Å²) in [6, 6.07) is 7.46. The molecule has 2 aromatic carbocycles. The number of benzene rings is 2. The molecule has 0 aliphatic rings. The zero-order valence-corrected chi connectivity index (χ0v) is 11.4. The second-order valence-electron chi connectivity index (χ2n) is 4.33. The monoisotopic (exact) mass is 307 g/mol. The molecule has 0 amide bonds. The standard InChI is InChI=1S/C14H10ClNO5/c15-9-1-4-12(16(20)21)8(5-9)6-13(18)11-3-2-10(17)7-14(11)19/h1-5,7,17,19H,6H2. The highest BCUT2D eigenvalue weighted by Crippen LogP contribution is 2.27. The van der Waals surface area contributed by atoms with Crippen LogP contribution in [0.2, 0.25) is 5.02 Å². The number of hydrogen-bond donors (Lipinski definition) is 2. The number of carbonyl (C=O) groups is 1. The Bertz CT molecular complexity index is 729. The van der Waals surface area contributed by atoms with E-state index in [9.17, 15) is 25.1 Å². The van der Waals surface area contributed by atoms with Crippen molar-refractivity contribution in [3.63, 3.8) is 0 Å². The third-order valence-electron chi connectivity index (χ3n) is 2.87. The van der Waals surface area contributed by atoms with Crippen LogP contribution in [0.15, 0.2) is 36.4 Å². The Morgan fingerprint density at radius 3 is 2.52 bits per heavy atom. The molecule has 7 heteroatoms. The van der Waals surface area contributed by atoms with Crippen molar-refractivity contribution in [1.82, 2.24) is 0 Å². The van der Waals surface area contributed by atoms with Gasteiger partial charge in [-0.25, -0.2) is 0 Å². The van der Waals surface area contributed by atoms with Gasteiger partial charge in [0.15, 0.2) is 5.78 Å². The molecule has 2 aromatic rings. The molecule has 0 spiro atoms. The minimum Gasteiger partial charge on any atom is -0.508 e. The van der Waals surface area contributed by atoms with E-state index in [4.69, 9.17) is 11.6 Å². The molecule has 0 fully saturated rings. The number of hydrogen-bond acceptors (Lipinski definition) is 5. The zero-order valence-electron chi connectivity index (χ0n) is 10.6. The van der Waals surface area contributed by atoms with Crippen LogP contribution < -0.4 is 0 Å². The summed E-state index contributed by atoms with van der Waals surface area (Å²) in [5, 5.41) is 30.0. The molecule has 0 aliphatic heterocycles. The van der Waals surface area contributed by atoms with E-state index >= 15 is 0 Å². The van der Waals surface area contributed by atoms with Crippen LogP contribution in [-0.2, 0) is 6.42 Å². The zero-order chi connectivity index (χ0) is 15.6. The van der Waals surface area contributed by atoms with Crippen molar-refractivity contribution in [2.75, 3.05) is 0 Å². The van der Waals surface area contributed by atoms with Gasteiger partial charge in [0.25, 0.3) is 5.69 Å². The summed E-state index contributed by atoms with van der Waals surface area (Å²) in [5.41, 5.74) is -0.0851. The highest BCUT2D eigenvalue weighted by Gasteiger charge is 2.19. The van der Waals surface area contributed by atoms with E-state index in [1.54, 1.807) is 0 Å². The van der Waals surface area contributed by atoms with Crippen molar-refractivity contribution in [1.29, 1.82) is 0 Å². The number of ketones is 1. The van der Waals surface area contributed by atoms with Gasteiger partial charge in [0.2, 0.25) is 0 Å². The van der Waals surface area contributed by atoms with Gasteiger partial charge in [0, 0.05) is 29.1 Å². The number of phenols is 2. The van der Waals surface area contributed by atoms with Crippen molar-refractivity contribution < 1.29 is 19.9 Å². The van der Waals surface area contributed by atoms with Crippen molar-refractivity contribution in [3.8, 4) is 11.5 Å². The minimum atomic E-state index is -0.602. The van der Waals surface area contributed by atoms with Crippen LogP contribution in [0.5, 0.6) is 11.5 Å². The second kappa shape index (κ2) is 5.80. The summed E-state index contributed by atoms with van der Waals surface area (Å²) >= 11 is 5.79. The van der Waals surface area contributed by atoms with Crippen molar-refractivity contribution in [3.05, 3.63) is 62.7 Å². The predicted octanol–water partition coefficient (Wildman–Crippen LogP) is 3.08. The smallest absolute Gasteiger partial charge is 0.273 e. The number of nitrogens with zero attached hydrogens (tertiary/aromatic N) is 1. The van der Waals surface area contributed by atoms with Gasteiger partial charge in [-0.15, -0.1) is 0 Å². The Labute approximate surface area is 124 Å². The minimum absolute atomic E-state index is 0.0259. The van der Waals surface area contributed by atoms with Crippen LogP contribution in [0.3, 0.4) is 0 Å². The normalized spacial score (nSPS) is 10.3. The van der Waals surface area contributed by atoms with Gasteiger partial charge < -0.3 is 10.2 Å². The number of phenolic OH excluding ortho intramolecular Hbond substituents is 2. The molecule has 0 bridgehead atoms. The molecular weight excluding hydrogens is 298 g/mol. The van der Waals surface area contributed by atoms with E-state index in [0.29, 0.717) is 0 Å². The quantitative estimate of drug-likeness (QED) is 0.513. The Morgan fingerprint density at radius 2 is 1.90 bits per heavy atom. The molecule has 0 unspecified atom stereocenters. The van der Waals surface area contributed by atoms with Gasteiger partial charge in [-0.2, -0.15) is 0 Å². The van der Waals surface area contributed by atoms with Crippen LogP contribution in [0.4, 0.5) is 5.69 Å². The summed E-state index contributed by atoms with van der Waals surface area (Å²) in [5.74, 6) is -1.08. The summed E-state index contributed by atoms with van der Waals surface area (Å²) in [6.07, 6.45) is -0.283. The maximum atomic E-state index is 12.1. The number of aromatic hydroxyl groups is 2. The molecule has 21 heavy (non-hydrogen) atoms. The van der Waals surface area contributed by atoms with Gasteiger partial charge in [-0.1, -0.05) is 11.6 Å². The molecule has 108 valence electrons. The van der Waals surface area contributed by atoms with E-state index in [2.05, 4.69) is 0 Å². The lowest BCUT2D eigenvalue weighted by Gasteiger charge is -2.06. The first kappa shape index (κ1) is 14.8.